The molecule has 0 saturated carbocycles. The molecule has 0 radical (unpaired) electrons. The minimum atomic E-state index is -0.499. The van der Waals surface area contributed by atoms with Crippen molar-refractivity contribution in [3.8, 4) is 0 Å². The summed E-state index contributed by atoms with van der Waals surface area (Å²) in [6.07, 6.45) is 0. The molecular formula is C35H29F2OS2+. The molecule has 0 fully saturated rings. The average molecular weight is 568 g/mol. The van der Waals surface area contributed by atoms with Crippen molar-refractivity contribution in [3.05, 3.63) is 150 Å². The van der Waals surface area contributed by atoms with Gasteiger partial charge >= 0.3 is 0 Å². The molecule has 40 heavy (non-hydrogen) atoms. The molecule has 0 saturated heterocycles. The molecule has 0 aliphatic carbocycles. The first-order valence-electron chi connectivity index (χ1n) is 13.0. The summed E-state index contributed by atoms with van der Waals surface area (Å²) >= 11 is 1.62. The van der Waals surface area contributed by atoms with E-state index in [4.69, 9.17) is 0 Å². The van der Waals surface area contributed by atoms with E-state index in [0.717, 1.165) is 24.5 Å². The zero-order chi connectivity index (χ0) is 28.3. The monoisotopic (exact) mass is 567 g/mol. The molecule has 0 unspecified atom stereocenters. The lowest BCUT2D eigenvalue weighted by Gasteiger charge is -2.19. The molecule has 0 N–H and O–H groups in total. The van der Waals surface area contributed by atoms with Crippen molar-refractivity contribution >= 4 is 28.4 Å². The summed E-state index contributed by atoms with van der Waals surface area (Å²) in [5.74, 6) is -0.566. The molecule has 0 amide bonds. The van der Waals surface area contributed by atoms with E-state index in [1.807, 2.05) is 48.5 Å². The van der Waals surface area contributed by atoms with E-state index in [0.29, 0.717) is 11.1 Å². The smallest absolute Gasteiger partial charge is 0.193 e. The predicted octanol–water partition coefficient (Wildman–Crippen LogP) is 9.74. The van der Waals surface area contributed by atoms with Crippen LogP contribution in [0.4, 0.5) is 8.78 Å². The summed E-state index contributed by atoms with van der Waals surface area (Å²) in [6, 6.07) is 36.8. The molecule has 5 aromatic rings. The van der Waals surface area contributed by atoms with Crippen molar-refractivity contribution in [2.24, 2.45) is 0 Å². The Labute approximate surface area is 241 Å². The zero-order valence-corrected chi connectivity index (χ0v) is 24.2. The van der Waals surface area contributed by atoms with Gasteiger partial charge in [-0.2, -0.15) is 0 Å². The van der Waals surface area contributed by atoms with Gasteiger partial charge in [-0.1, -0.05) is 56.8 Å². The standard InChI is InChI=1S/C35H29F2OS2/c1-35(2,3)26-8-4-24(5-9-26)34(38)25-6-14-29(15-7-25)39-30-16-22-33(23-17-30)40(31-18-10-27(36)11-19-31)32-20-12-28(37)13-21-32/h4-23H,1-3H3/q+1. The summed E-state index contributed by atoms with van der Waals surface area (Å²) in [7, 11) is -0.499. The Morgan fingerprint density at radius 2 is 0.900 bits per heavy atom. The molecule has 0 atom stereocenters. The maximum atomic E-state index is 13.6. The van der Waals surface area contributed by atoms with Crippen molar-refractivity contribution in [3.63, 3.8) is 0 Å². The number of ketones is 1. The van der Waals surface area contributed by atoms with E-state index in [9.17, 15) is 13.6 Å². The first kappa shape index (κ1) is 27.9. The Balaban J connectivity index is 1.32. The van der Waals surface area contributed by atoms with Gasteiger partial charge in [0.2, 0.25) is 0 Å². The van der Waals surface area contributed by atoms with Crippen molar-refractivity contribution in [1.29, 1.82) is 0 Å². The van der Waals surface area contributed by atoms with Gasteiger partial charge in [-0.05, 0) is 108 Å². The topological polar surface area (TPSA) is 17.1 Å². The van der Waals surface area contributed by atoms with Gasteiger partial charge in [0.25, 0.3) is 0 Å². The van der Waals surface area contributed by atoms with Crippen molar-refractivity contribution in [1.82, 2.24) is 0 Å². The van der Waals surface area contributed by atoms with Gasteiger partial charge < -0.3 is 0 Å². The Morgan fingerprint density at radius 1 is 0.550 bits per heavy atom. The van der Waals surface area contributed by atoms with Gasteiger partial charge in [-0.15, -0.1) is 0 Å². The minimum Gasteiger partial charge on any atom is -0.289 e. The van der Waals surface area contributed by atoms with Crippen LogP contribution in [0.15, 0.2) is 146 Å². The molecule has 200 valence electrons. The van der Waals surface area contributed by atoms with Crippen molar-refractivity contribution < 1.29 is 13.6 Å². The zero-order valence-electron chi connectivity index (χ0n) is 22.5. The van der Waals surface area contributed by atoms with E-state index in [1.165, 1.54) is 29.8 Å². The van der Waals surface area contributed by atoms with E-state index in [1.54, 1.807) is 36.0 Å². The summed E-state index contributed by atoms with van der Waals surface area (Å²) in [5.41, 5.74) is 2.58. The fraction of sp³-hybridized carbons (Fsp3) is 0.114. The van der Waals surface area contributed by atoms with Crippen LogP contribution in [0.5, 0.6) is 0 Å². The number of carbonyl (C=O) groups is 1. The van der Waals surface area contributed by atoms with E-state index in [2.05, 4.69) is 45.0 Å². The molecule has 0 aliphatic heterocycles. The van der Waals surface area contributed by atoms with E-state index < -0.39 is 10.9 Å². The van der Waals surface area contributed by atoms with Crippen LogP contribution in [0.2, 0.25) is 0 Å². The molecule has 0 heterocycles. The van der Waals surface area contributed by atoms with E-state index >= 15 is 0 Å². The van der Waals surface area contributed by atoms with Crippen LogP contribution in [-0.2, 0) is 16.3 Å². The molecule has 0 aliphatic rings. The van der Waals surface area contributed by atoms with Crippen LogP contribution in [0.25, 0.3) is 0 Å². The molecule has 0 bridgehead atoms. The normalized spacial score (nSPS) is 11.6. The van der Waals surface area contributed by atoms with Gasteiger partial charge in [-0.3, -0.25) is 4.79 Å². The fourth-order valence-electron chi connectivity index (χ4n) is 4.29. The predicted molar refractivity (Wildman–Crippen MR) is 161 cm³/mol. The minimum absolute atomic E-state index is 0.00924. The number of carbonyl (C=O) groups excluding carboxylic acids is 1. The second-order valence-electron chi connectivity index (χ2n) is 10.5. The number of rotatable bonds is 7. The molecule has 5 rings (SSSR count). The van der Waals surface area contributed by atoms with Crippen LogP contribution >= 0.6 is 11.8 Å². The lowest BCUT2D eigenvalue weighted by Crippen LogP contribution is -2.11. The Kier molecular flexibility index (Phi) is 8.24. The Hall–Kier alpha value is -3.67. The average Bonchev–Trinajstić information content (AvgIpc) is 2.96. The van der Waals surface area contributed by atoms with Crippen LogP contribution in [0.3, 0.4) is 0 Å². The van der Waals surface area contributed by atoms with Crippen molar-refractivity contribution in [2.45, 2.75) is 50.7 Å². The molecule has 0 spiro atoms. The lowest BCUT2D eigenvalue weighted by atomic mass is 9.86. The van der Waals surface area contributed by atoms with Crippen LogP contribution in [0.1, 0.15) is 42.3 Å². The maximum Gasteiger partial charge on any atom is 0.193 e. The van der Waals surface area contributed by atoms with Crippen LogP contribution < -0.4 is 0 Å². The summed E-state index contributed by atoms with van der Waals surface area (Å²) in [6.45, 7) is 6.47. The highest BCUT2D eigenvalue weighted by Crippen LogP contribution is 2.34. The van der Waals surface area contributed by atoms with Crippen molar-refractivity contribution in [2.75, 3.05) is 0 Å². The molecule has 5 aromatic carbocycles. The third kappa shape index (κ3) is 6.55. The third-order valence-corrected chi connectivity index (χ3v) is 9.77. The number of hydrogen-bond donors (Lipinski definition) is 0. The van der Waals surface area contributed by atoms with Gasteiger partial charge in [0.1, 0.15) is 11.6 Å². The summed E-state index contributed by atoms with van der Waals surface area (Å²) in [5, 5.41) is 0. The second kappa shape index (κ2) is 11.8. The van der Waals surface area contributed by atoms with Gasteiger partial charge in [-0.25, -0.2) is 8.78 Å². The molecular weight excluding hydrogens is 539 g/mol. The summed E-state index contributed by atoms with van der Waals surface area (Å²) in [4.78, 5) is 18.1. The number of benzene rings is 5. The highest BCUT2D eigenvalue weighted by atomic mass is 32.2. The fourth-order valence-corrected chi connectivity index (χ4v) is 7.15. The number of halogens is 2. The van der Waals surface area contributed by atoms with E-state index in [-0.39, 0.29) is 22.8 Å². The summed E-state index contributed by atoms with van der Waals surface area (Å²) < 4.78 is 27.2. The highest BCUT2D eigenvalue weighted by Gasteiger charge is 2.28. The molecule has 1 nitrogen and oxygen atoms in total. The quantitative estimate of drug-likeness (QED) is 0.144. The lowest BCUT2D eigenvalue weighted by molar-refractivity contribution is 0.103. The van der Waals surface area contributed by atoms with Crippen LogP contribution in [0, 0.1) is 11.6 Å². The highest BCUT2D eigenvalue weighted by molar-refractivity contribution is 7.99. The molecule has 0 aromatic heterocycles. The largest absolute Gasteiger partial charge is 0.289 e. The first-order chi connectivity index (χ1) is 19.2. The molecule has 5 heteroatoms. The first-order valence-corrected chi connectivity index (χ1v) is 15.0. The second-order valence-corrected chi connectivity index (χ2v) is 13.6. The van der Waals surface area contributed by atoms with Crippen LogP contribution in [-0.4, -0.2) is 5.78 Å². The third-order valence-electron chi connectivity index (χ3n) is 6.52. The van der Waals surface area contributed by atoms with Gasteiger partial charge in [0, 0.05) is 20.9 Å². The maximum absolute atomic E-state index is 13.6. The van der Waals surface area contributed by atoms with Gasteiger partial charge in [0.05, 0.1) is 10.9 Å². The number of hydrogen-bond acceptors (Lipinski definition) is 2. The Morgan fingerprint density at radius 3 is 1.30 bits per heavy atom. The Bertz CT molecular complexity index is 1540. The van der Waals surface area contributed by atoms with Gasteiger partial charge in [0.15, 0.2) is 20.5 Å². The SMILES string of the molecule is CC(C)(C)c1ccc(C(=O)c2ccc(Sc3ccc([S+](c4ccc(F)cc4)c4ccc(F)cc4)cc3)cc2)cc1.